The molecule has 0 aliphatic heterocycles. The first-order valence-corrected chi connectivity index (χ1v) is 11.7. The van der Waals surface area contributed by atoms with Crippen molar-refractivity contribution in [1.29, 1.82) is 0 Å². The number of hydrogen-bond acceptors (Lipinski definition) is 5. The zero-order valence-corrected chi connectivity index (χ0v) is 17.9. The van der Waals surface area contributed by atoms with Crippen molar-refractivity contribution in [3.63, 3.8) is 0 Å². The Morgan fingerprint density at radius 2 is 1.46 bits per heavy atom. The lowest BCUT2D eigenvalue weighted by Gasteiger charge is -2.15. The highest BCUT2D eigenvalue weighted by Gasteiger charge is 2.17. The molecule has 1 atom stereocenters. The molecule has 0 saturated heterocycles. The Morgan fingerprint density at radius 1 is 0.929 bits per heavy atom. The van der Waals surface area contributed by atoms with Gasteiger partial charge in [0.25, 0.3) is 0 Å². The fourth-order valence-electron chi connectivity index (χ4n) is 2.64. The van der Waals surface area contributed by atoms with Gasteiger partial charge in [0.2, 0.25) is 10.0 Å². The Hall–Kier alpha value is -2.03. The van der Waals surface area contributed by atoms with Crippen molar-refractivity contribution in [2.45, 2.75) is 38.4 Å². The third-order valence-electron chi connectivity index (χ3n) is 4.58. The summed E-state index contributed by atoms with van der Waals surface area (Å²) in [5, 5.41) is -0.443. The largest absolute Gasteiger partial charge is 0.311 e. The van der Waals surface area contributed by atoms with Crippen LogP contribution in [0.4, 0.5) is 0 Å². The van der Waals surface area contributed by atoms with Crippen LogP contribution in [0.15, 0.2) is 52.9 Å². The highest BCUT2D eigenvalue weighted by molar-refractivity contribution is 7.90. The lowest BCUT2D eigenvalue weighted by atomic mass is 9.97. The topological polar surface area (TPSA) is 92.7 Å². The lowest BCUT2D eigenvalue weighted by Crippen LogP contribution is -2.33. The molecule has 0 radical (unpaired) electrons. The first kappa shape index (κ1) is 22.3. The van der Waals surface area contributed by atoms with Crippen molar-refractivity contribution in [1.82, 2.24) is 4.72 Å². The smallest absolute Gasteiger partial charge is 0.214 e. The van der Waals surface area contributed by atoms with Gasteiger partial charge in [0.05, 0.1) is 11.8 Å². The van der Waals surface area contributed by atoms with E-state index in [4.69, 9.17) is 0 Å². The van der Waals surface area contributed by atoms with Gasteiger partial charge in [-0.15, -0.1) is 0 Å². The number of rotatable bonds is 9. The van der Waals surface area contributed by atoms with Crippen molar-refractivity contribution in [3.05, 3.63) is 59.7 Å². The Bertz CT molecular complexity index is 1000. The number of sulfonamides is 1. The molecule has 0 aliphatic rings. The molecule has 28 heavy (non-hydrogen) atoms. The van der Waals surface area contributed by atoms with Crippen LogP contribution in [-0.4, -0.2) is 35.2 Å². The average Bonchev–Trinajstić information content (AvgIpc) is 2.66. The van der Waals surface area contributed by atoms with Crippen molar-refractivity contribution in [3.8, 4) is 11.1 Å². The maximum atomic E-state index is 11.9. The summed E-state index contributed by atoms with van der Waals surface area (Å²) in [6, 6.07) is 16.0. The molecule has 152 valence electrons. The molecule has 6 nitrogen and oxygen atoms in total. The van der Waals surface area contributed by atoms with Crippen LogP contribution in [0.25, 0.3) is 11.1 Å². The van der Waals surface area contributed by atoms with Gasteiger partial charge in [-0.25, -0.2) is 13.1 Å². The van der Waals surface area contributed by atoms with Gasteiger partial charge in [0.1, 0.15) is 0 Å². The standard InChI is InChI=1S/C20H26N2O4S2/c1-15(2)28(25,26)22-14-16(3)18-8-10-20(11-9-18)19-6-4-17(5-7-19)12-13-21-27(23)24/h4-11,15-16,22H,12-14H2,1-3H3. The average molecular weight is 423 g/mol. The van der Waals surface area contributed by atoms with Crippen molar-refractivity contribution < 1.29 is 16.8 Å². The summed E-state index contributed by atoms with van der Waals surface area (Å²) in [5.74, 6) is 0.0697. The van der Waals surface area contributed by atoms with Crippen LogP contribution < -0.4 is 4.72 Å². The van der Waals surface area contributed by atoms with E-state index in [1.165, 1.54) is 0 Å². The highest BCUT2D eigenvalue weighted by Crippen LogP contribution is 2.23. The van der Waals surface area contributed by atoms with E-state index in [1.54, 1.807) is 13.8 Å². The van der Waals surface area contributed by atoms with Crippen LogP contribution in [0.5, 0.6) is 0 Å². The number of nitrogens with zero attached hydrogens (tertiary/aromatic N) is 1. The van der Waals surface area contributed by atoms with Crippen molar-refractivity contribution >= 4 is 20.5 Å². The second kappa shape index (κ2) is 9.95. The van der Waals surface area contributed by atoms with Crippen LogP contribution in [0.3, 0.4) is 0 Å². The van der Waals surface area contributed by atoms with Gasteiger partial charge in [-0.05, 0) is 48.4 Å². The number of benzene rings is 2. The molecule has 0 bridgehead atoms. The van der Waals surface area contributed by atoms with E-state index in [2.05, 4.69) is 9.08 Å². The van der Waals surface area contributed by atoms with Gasteiger partial charge < -0.3 is 0 Å². The Balaban J connectivity index is 2.00. The molecule has 0 fully saturated rings. The zero-order chi connectivity index (χ0) is 20.7. The Kier molecular flexibility index (Phi) is 7.91. The Labute approximate surface area is 168 Å². The van der Waals surface area contributed by atoms with E-state index in [-0.39, 0.29) is 12.5 Å². The van der Waals surface area contributed by atoms with E-state index in [9.17, 15) is 16.8 Å². The van der Waals surface area contributed by atoms with Gasteiger partial charge in [-0.1, -0.05) is 55.5 Å². The molecular formula is C20H26N2O4S2. The second-order valence-electron chi connectivity index (χ2n) is 6.98. The SMILES string of the molecule is CC(CNS(=O)(=O)C(C)C)c1ccc(-c2ccc(CCN=S(=O)=O)cc2)cc1. The molecule has 2 rings (SSSR count). The van der Waals surface area contributed by atoms with E-state index in [1.807, 2.05) is 55.5 Å². The monoisotopic (exact) mass is 422 g/mol. The molecular weight excluding hydrogens is 396 g/mol. The maximum Gasteiger partial charge on any atom is 0.311 e. The summed E-state index contributed by atoms with van der Waals surface area (Å²) < 4.78 is 50.7. The molecule has 1 N–H and O–H groups in total. The van der Waals surface area contributed by atoms with Crippen LogP contribution in [0, 0.1) is 0 Å². The normalized spacial score (nSPS) is 12.7. The molecule has 0 aromatic heterocycles. The minimum absolute atomic E-state index is 0.0697. The number of nitrogens with one attached hydrogen (secondary N) is 1. The van der Waals surface area contributed by atoms with Crippen LogP contribution >= 0.6 is 0 Å². The highest BCUT2D eigenvalue weighted by atomic mass is 32.2. The maximum absolute atomic E-state index is 11.9. The summed E-state index contributed by atoms with van der Waals surface area (Å²) in [7, 11) is -5.61. The molecule has 2 aromatic carbocycles. The van der Waals surface area contributed by atoms with E-state index < -0.39 is 25.8 Å². The third kappa shape index (κ3) is 6.54. The molecule has 0 saturated carbocycles. The summed E-state index contributed by atoms with van der Waals surface area (Å²) in [5.41, 5.74) is 4.23. The van der Waals surface area contributed by atoms with Crippen LogP contribution in [0.2, 0.25) is 0 Å². The molecule has 0 spiro atoms. The summed E-state index contributed by atoms with van der Waals surface area (Å²) in [4.78, 5) is 0. The summed E-state index contributed by atoms with van der Waals surface area (Å²) in [6.07, 6.45) is 0.580. The van der Waals surface area contributed by atoms with Gasteiger partial charge in [0.15, 0.2) is 0 Å². The predicted molar refractivity (Wildman–Crippen MR) is 112 cm³/mol. The molecule has 1 unspecified atom stereocenters. The summed E-state index contributed by atoms with van der Waals surface area (Å²) in [6.45, 7) is 5.93. The molecule has 2 aromatic rings. The van der Waals surface area contributed by atoms with Crippen molar-refractivity contribution in [2.75, 3.05) is 13.1 Å². The fourth-order valence-corrected chi connectivity index (χ4v) is 3.70. The fraction of sp³-hybridized carbons (Fsp3) is 0.400. The first-order valence-electron chi connectivity index (χ1n) is 9.13. The summed E-state index contributed by atoms with van der Waals surface area (Å²) >= 11 is 0. The lowest BCUT2D eigenvalue weighted by molar-refractivity contribution is 0.566. The second-order valence-corrected chi connectivity index (χ2v) is 10.00. The van der Waals surface area contributed by atoms with Crippen molar-refractivity contribution in [2.24, 2.45) is 4.36 Å². The molecule has 8 heteroatoms. The minimum Gasteiger partial charge on any atom is -0.214 e. The van der Waals surface area contributed by atoms with Gasteiger partial charge in [-0.3, -0.25) is 0 Å². The van der Waals surface area contributed by atoms with Gasteiger partial charge >= 0.3 is 10.5 Å². The minimum atomic E-state index is -3.26. The number of hydrogen-bond donors (Lipinski definition) is 1. The van der Waals surface area contributed by atoms with Gasteiger partial charge in [-0.2, -0.15) is 12.8 Å². The molecule has 0 heterocycles. The van der Waals surface area contributed by atoms with E-state index >= 15 is 0 Å². The Morgan fingerprint density at radius 3 is 1.96 bits per heavy atom. The van der Waals surface area contributed by atoms with Crippen LogP contribution in [0.1, 0.15) is 37.8 Å². The third-order valence-corrected chi connectivity index (χ3v) is 6.78. The molecule has 0 amide bonds. The first-order chi connectivity index (χ1) is 13.2. The zero-order valence-electron chi connectivity index (χ0n) is 16.3. The van der Waals surface area contributed by atoms with Gasteiger partial charge in [0, 0.05) is 6.54 Å². The van der Waals surface area contributed by atoms with E-state index in [0.717, 1.165) is 22.3 Å². The predicted octanol–water partition coefficient (Wildman–Crippen LogP) is 3.39. The van der Waals surface area contributed by atoms with E-state index in [0.29, 0.717) is 13.0 Å². The quantitative estimate of drug-likeness (QED) is 0.670. The van der Waals surface area contributed by atoms with Crippen LogP contribution in [-0.2, 0) is 26.9 Å². The molecule has 0 aliphatic carbocycles.